The summed E-state index contributed by atoms with van der Waals surface area (Å²) < 4.78 is 7.02. The summed E-state index contributed by atoms with van der Waals surface area (Å²) in [7, 11) is 3.50. The van der Waals surface area contributed by atoms with Crippen molar-refractivity contribution in [1.29, 1.82) is 5.26 Å². The first-order valence-electron chi connectivity index (χ1n) is 7.92. The van der Waals surface area contributed by atoms with Gasteiger partial charge < -0.3 is 14.2 Å². The summed E-state index contributed by atoms with van der Waals surface area (Å²) in [6.07, 6.45) is 0.343. The SMILES string of the molecule is CCN(CCC#N)C(=O)CSc1nnc(-c2ccc(OC)cc2)n1C. The van der Waals surface area contributed by atoms with Crippen LogP contribution < -0.4 is 4.74 Å². The van der Waals surface area contributed by atoms with Crippen LogP contribution in [0.3, 0.4) is 0 Å². The molecular formula is C17H21N5O2S. The van der Waals surface area contributed by atoms with E-state index in [1.165, 1.54) is 11.8 Å². The third-order valence-electron chi connectivity index (χ3n) is 3.74. The number of carbonyl (C=O) groups excluding carboxylic acids is 1. The fraction of sp³-hybridized carbons (Fsp3) is 0.412. The Labute approximate surface area is 151 Å². The van der Waals surface area contributed by atoms with Crippen molar-refractivity contribution in [1.82, 2.24) is 19.7 Å². The van der Waals surface area contributed by atoms with E-state index in [4.69, 9.17) is 10.00 Å². The number of benzene rings is 1. The van der Waals surface area contributed by atoms with Gasteiger partial charge in [-0.05, 0) is 31.2 Å². The lowest BCUT2D eigenvalue weighted by Crippen LogP contribution is -2.33. The van der Waals surface area contributed by atoms with Gasteiger partial charge in [0.1, 0.15) is 5.75 Å². The van der Waals surface area contributed by atoms with E-state index in [0.29, 0.717) is 24.7 Å². The molecule has 1 aromatic carbocycles. The van der Waals surface area contributed by atoms with Crippen LogP contribution in [0, 0.1) is 11.3 Å². The van der Waals surface area contributed by atoms with E-state index < -0.39 is 0 Å². The molecule has 0 bridgehead atoms. The highest BCUT2D eigenvalue weighted by molar-refractivity contribution is 7.99. The Morgan fingerprint density at radius 1 is 1.36 bits per heavy atom. The first-order valence-corrected chi connectivity index (χ1v) is 8.90. The summed E-state index contributed by atoms with van der Waals surface area (Å²) in [5, 5.41) is 17.7. The molecule has 8 heteroatoms. The largest absolute Gasteiger partial charge is 0.497 e. The van der Waals surface area contributed by atoms with Gasteiger partial charge in [-0.3, -0.25) is 4.79 Å². The van der Waals surface area contributed by atoms with Crippen molar-refractivity contribution in [2.24, 2.45) is 7.05 Å². The molecule has 132 valence electrons. The van der Waals surface area contributed by atoms with Gasteiger partial charge in [-0.2, -0.15) is 5.26 Å². The molecule has 0 aliphatic carbocycles. The molecule has 0 aliphatic rings. The average molecular weight is 359 g/mol. The Bertz CT molecular complexity index is 751. The molecule has 0 fully saturated rings. The fourth-order valence-electron chi connectivity index (χ4n) is 2.29. The number of nitriles is 1. The number of amides is 1. The van der Waals surface area contributed by atoms with Crippen molar-refractivity contribution in [2.75, 3.05) is 26.0 Å². The van der Waals surface area contributed by atoms with E-state index in [2.05, 4.69) is 16.3 Å². The molecule has 7 nitrogen and oxygen atoms in total. The van der Waals surface area contributed by atoms with Gasteiger partial charge >= 0.3 is 0 Å². The number of methoxy groups -OCH3 is 1. The van der Waals surface area contributed by atoms with Crippen LogP contribution in [-0.4, -0.2) is 51.5 Å². The maximum atomic E-state index is 12.2. The van der Waals surface area contributed by atoms with Gasteiger partial charge in [0.2, 0.25) is 5.91 Å². The number of nitrogens with zero attached hydrogens (tertiary/aromatic N) is 5. The highest BCUT2D eigenvalue weighted by Gasteiger charge is 2.16. The first-order chi connectivity index (χ1) is 12.1. The quantitative estimate of drug-likeness (QED) is 0.673. The molecule has 0 aliphatic heterocycles. The maximum absolute atomic E-state index is 12.2. The number of hydrogen-bond acceptors (Lipinski definition) is 6. The van der Waals surface area contributed by atoms with E-state index in [0.717, 1.165) is 17.1 Å². The summed E-state index contributed by atoms with van der Waals surface area (Å²) in [6.45, 7) is 2.96. The van der Waals surface area contributed by atoms with E-state index in [1.54, 1.807) is 12.0 Å². The highest BCUT2D eigenvalue weighted by atomic mass is 32.2. The van der Waals surface area contributed by atoms with E-state index in [9.17, 15) is 4.79 Å². The van der Waals surface area contributed by atoms with E-state index >= 15 is 0 Å². The molecule has 0 atom stereocenters. The Balaban J connectivity index is 2.03. The van der Waals surface area contributed by atoms with Gasteiger partial charge in [-0.1, -0.05) is 11.8 Å². The monoisotopic (exact) mass is 359 g/mol. The van der Waals surface area contributed by atoms with Crippen molar-refractivity contribution >= 4 is 17.7 Å². The van der Waals surface area contributed by atoms with Crippen molar-refractivity contribution in [3.8, 4) is 23.2 Å². The molecule has 1 amide bonds. The minimum atomic E-state index is -0.00301. The van der Waals surface area contributed by atoms with Gasteiger partial charge in [0.15, 0.2) is 11.0 Å². The number of thioether (sulfide) groups is 1. The normalized spacial score (nSPS) is 10.3. The molecule has 0 N–H and O–H groups in total. The molecule has 2 aromatic rings. The molecule has 0 radical (unpaired) electrons. The maximum Gasteiger partial charge on any atom is 0.233 e. The molecule has 0 unspecified atom stereocenters. The summed E-state index contributed by atoms with van der Waals surface area (Å²) in [5.41, 5.74) is 0.929. The Hall–Kier alpha value is -2.53. The molecule has 1 aromatic heterocycles. The van der Waals surface area contributed by atoms with Crippen molar-refractivity contribution in [2.45, 2.75) is 18.5 Å². The van der Waals surface area contributed by atoms with Crippen LogP contribution in [0.2, 0.25) is 0 Å². The number of ether oxygens (including phenoxy) is 1. The molecular weight excluding hydrogens is 338 g/mol. The molecule has 2 rings (SSSR count). The topological polar surface area (TPSA) is 84.0 Å². The zero-order chi connectivity index (χ0) is 18.2. The van der Waals surface area contributed by atoms with Crippen LogP contribution in [0.5, 0.6) is 5.75 Å². The van der Waals surface area contributed by atoms with Crippen LogP contribution in [0.1, 0.15) is 13.3 Å². The molecule has 1 heterocycles. The summed E-state index contributed by atoms with van der Waals surface area (Å²) >= 11 is 1.35. The summed E-state index contributed by atoms with van der Waals surface area (Å²) in [6, 6.07) is 9.64. The molecule has 0 saturated heterocycles. The van der Waals surface area contributed by atoms with E-state index in [-0.39, 0.29) is 11.7 Å². The predicted octanol–water partition coefficient (Wildman–Crippen LogP) is 2.34. The predicted molar refractivity (Wildman–Crippen MR) is 96.2 cm³/mol. The van der Waals surface area contributed by atoms with Crippen LogP contribution >= 0.6 is 11.8 Å². The Kier molecular flexibility index (Phi) is 6.83. The van der Waals surface area contributed by atoms with E-state index in [1.807, 2.05) is 42.8 Å². The number of carbonyl (C=O) groups is 1. The number of hydrogen-bond donors (Lipinski definition) is 0. The minimum Gasteiger partial charge on any atom is -0.497 e. The highest BCUT2D eigenvalue weighted by Crippen LogP contribution is 2.24. The van der Waals surface area contributed by atoms with Crippen LogP contribution in [-0.2, 0) is 11.8 Å². The van der Waals surface area contributed by atoms with Crippen molar-refractivity contribution in [3.63, 3.8) is 0 Å². The number of rotatable bonds is 8. The zero-order valence-corrected chi connectivity index (χ0v) is 15.4. The minimum absolute atomic E-state index is 0.00301. The smallest absolute Gasteiger partial charge is 0.233 e. The molecule has 0 spiro atoms. The van der Waals surface area contributed by atoms with Gasteiger partial charge in [0.25, 0.3) is 0 Å². The third kappa shape index (κ3) is 4.73. The molecule has 0 saturated carbocycles. The second-order valence-corrected chi connectivity index (χ2v) is 6.21. The fourth-order valence-corrected chi connectivity index (χ4v) is 3.11. The second kappa shape index (κ2) is 9.08. The first kappa shape index (κ1) is 18.8. The Morgan fingerprint density at radius 3 is 2.68 bits per heavy atom. The summed E-state index contributed by atoms with van der Waals surface area (Å²) in [5.74, 6) is 1.78. The van der Waals surface area contributed by atoms with Crippen LogP contribution in [0.4, 0.5) is 0 Å². The number of aromatic nitrogens is 3. The van der Waals surface area contributed by atoms with Crippen molar-refractivity contribution < 1.29 is 9.53 Å². The Morgan fingerprint density at radius 2 is 2.08 bits per heavy atom. The average Bonchev–Trinajstić information content (AvgIpc) is 3.01. The van der Waals surface area contributed by atoms with Gasteiger partial charge in [0.05, 0.1) is 25.4 Å². The lowest BCUT2D eigenvalue weighted by atomic mass is 10.2. The van der Waals surface area contributed by atoms with Gasteiger partial charge in [-0.25, -0.2) is 0 Å². The van der Waals surface area contributed by atoms with Gasteiger partial charge in [0, 0.05) is 25.7 Å². The van der Waals surface area contributed by atoms with Crippen LogP contribution in [0.15, 0.2) is 29.4 Å². The van der Waals surface area contributed by atoms with Gasteiger partial charge in [-0.15, -0.1) is 10.2 Å². The second-order valence-electron chi connectivity index (χ2n) is 5.26. The lowest BCUT2D eigenvalue weighted by Gasteiger charge is -2.18. The van der Waals surface area contributed by atoms with Crippen molar-refractivity contribution in [3.05, 3.63) is 24.3 Å². The standard InChI is InChI=1S/C17H21N5O2S/c1-4-22(11-5-10-18)15(23)12-25-17-20-19-16(21(17)2)13-6-8-14(24-3)9-7-13/h6-9H,4-5,11-12H2,1-3H3. The zero-order valence-electron chi connectivity index (χ0n) is 14.6. The third-order valence-corrected chi connectivity index (χ3v) is 4.74. The van der Waals surface area contributed by atoms with Crippen LogP contribution in [0.25, 0.3) is 11.4 Å². The molecule has 25 heavy (non-hydrogen) atoms. The lowest BCUT2D eigenvalue weighted by molar-refractivity contribution is -0.128. The summed E-state index contributed by atoms with van der Waals surface area (Å²) in [4.78, 5) is 13.9.